The van der Waals surface area contributed by atoms with E-state index in [0.29, 0.717) is 32.1 Å². The molecule has 1 heterocycles. The summed E-state index contributed by atoms with van der Waals surface area (Å²) < 4.78 is 5.56. The number of carbonyl (C=O) groups is 4. The molecule has 0 saturated carbocycles. The number of rotatable bonds is 15. The van der Waals surface area contributed by atoms with Gasteiger partial charge in [0.2, 0.25) is 17.7 Å². The Morgan fingerprint density at radius 2 is 1.64 bits per heavy atom. The molecule has 1 aliphatic rings. The highest BCUT2D eigenvalue weighted by Crippen LogP contribution is 2.20. The first-order chi connectivity index (χ1) is 21.8. The molecule has 0 aromatic heterocycles. The maximum Gasteiger partial charge on any atom is 0.243 e. The predicted molar refractivity (Wildman–Crippen MR) is 175 cm³/mol. The lowest BCUT2D eigenvalue weighted by atomic mass is 9.96. The minimum atomic E-state index is -0.916. The van der Waals surface area contributed by atoms with E-state index in [4.69, 9.17) is 4.74 Å². The molecule has 3 amide bonds. The first-order valence-corrected chi connectivity index (χ1v) is 16.0. The molecule has 4 N–H and O–H groups in total. The molecule has 1 fully saturated rings. The average molecular weight is 615 g/mol. The van der Waals surface area contributed by atoms with E-state index in [1.54, 1.807) is 0 Å². The number of fused-ring (bicyclic) bond motifs is 1. The molecule has 45 heavy (non-hydrogen) atoms. The van der Waals surface area contributed by atoms with Crippen molar-refractivity contribution in [3.05, 3.63) is 83.9 Å². The third-order valence-electron chi connectivity index (χ3n) is 8.17. The molecule has 0 spiro atoms. The highest BCUT2D eigenvalue weighted by atomic mass is 16.5. The minimum absolute atomic E-state index is 0.0931. The van der Waals surface area contributed by atoms with Crippen LogP contribution in [0.5, 0.6) is 0 Å². The van der Waals surface area contributed by atoms with Crippen molar-refractivity contribution in [2.75, 3.05) is 19.9 Å². The maximum atomic E-state index is 13.9. The number of hydrogen-bond acceptors (Lipinski definition) is 6. The normalized spacial score (nSPS) is 17.1. The number of hydrogen-bond donors (Lipinski definition) is 4. The van der Waals surface area contributed by atoms with Gasteiger partial charge in [0.05, 0.1) is 25.8 Å². The van der Waals surface area contributed by atoms with Crippen LogP contribution in [0.4, 0.5) is 0 Å². The van der Waals surface area contributed by atoms with Gasteiger partial charge >= 0.3 is 0 Å². The van der Waals surface area contributed by atoms with Gasteiger partial charge in [-0.2, -0.15) is 0 Å². The lowest BCUT2D eigenvalue weighted by Crippen LogP contribution is -2.56. The van der Waals surface area contributed by atoms with Crippen LogP contribution in [0, 0.1) is 11.8 Å². The zero-order valence-electron chi connectivity index (χ0n) is 26.3. The molecule has 1 saturated heterocycles. The van der Waals surface area contributed by atoms with Gasteiger partial charge in [-0.3, -0.25) is 19.7 Å². The molecule has 1 aliphatic heterocycles. The van der Waals surface area contributed by atoms with Gasteiger partial charge in [-0.05, 0) is 66.0 Å². The van der Waals surface area contributed by atoms with Crippen LogP contribution in [0.3, 0.4) is 0 Å². The van der Waals surface area contributed by atoms with E-state index < -0.39 is 29.9 Å². The molecule has 0 radical (unpaired) electrons. The van der Waals surface area contributed by atoms with Crippen LogP contribution in [0.25, 0.3) is 10.8 Å². The number of ether oxygens (including phenoxy) is 1. The largest absolute Gasteiger partial charge is 0.366 e. The zero-order chi connectivity index (χ0) is 32.0. The van der Waals surface area contributed by atoms with Crippen molar-refractivity contribution in [1.82, 2.24) is 21.3 Å². The number of aldehydes is 1. The lowest BCUT2D eigenvalue weighted by molar-refractivity contribution is -0.132. The molecule has 0 aliphatic carbocycles. The summed E-state index contributed by atoms with van der Waals surface area (Å²) in [5.41, 5.74) is 1.75. The molecule has 3 aromatic rings. The minimum Gasteiger partial charge on any atom is -0.366 e. The van der Waals surface area contributed by atoms with Crippen LogP contribution in [-0.4, -0.2) is 62.0 Å². The summed E-state index contributed by atoms with van der Waals surface area (Å²) in [6, 6.07) is 20.7. The monoisotopic (exact) mass is 614 g/mol. The maximum absolute atomic E-state index is 13.9. The fourth-order valence-electron chi connectivity index (χ4n) is 5.76. The summed E-state index contributed by atoms with van der Waals surface area (Å²) in [5, 5.41) is 13.9. The first kappa shape index (κ1) is 33.8. The smallest absolute Gasteiger partial charge is 0.243 e. The van der Waals surface area contributed by atoms with Gasteiger partial charge in [-0.1, -0.05) is 86.6 Å². The molecule has 4 atom stereocenters. The molecular formula is C36H46N4O5. The van der Waals surface area contributed by atoms with Crippen molar-refractivity contribution in [1.29, 1.82) is 0 Å². The van der Waals surface area contributed by atoms with E-state index in [-0.39, 0.29) is 24.7 Å². The van der Waals surface area contributed by atoms with Crippen LogP contribution in [-0.2, 0) is 36.8 Å². The second kappa shape index (κ2) is 17.4. The molecule has 9 nitrogen and oxygen atoms in total. The standard InChI is InChI=1S/C36H46N4O5/c1-25(2)19-32(35(43)38-30(22-41)16-15-27-17-18-37-24-45-23-27)40-36(44)33(39-34(42)20-26-9-4-3-5-10-26)21-29-13-8-12-28-11-6-7-14-31(28)29/h3-14,22,25,27,30,32-33,37H,15-21,23-24H2,1-2H3,(H,38,43)(H,39,42)(H,40,44)/t27-,30+,32+,33+/m1/s1. The van der Waals surface area contributed by atoms with Crippen LogP contribution < -0.4 is 21.3 Å². The second-order valence-corrected chi connectivity index (χ2v) is 12.3. The Hall–Kier alpha value is -4.08. The fraction of sp³-hybridized carbons (Fsp3) is 0.444. The van der Waals surface area contributed by atoms with Crippen LogP contribution in [0.1, 0.15) is 50.7 Å². The highest BCUT2D eigenvalue weighted by molar-refractivity contribution is 5.94. The summed E-state index contributed by atoms with van der Waals surface area (Å²) in [5.74, 6) is -0.746. The molecular weight excluding hydrogens is 568 g/mol. The van der Waals surface area contributed by atoms with E-state index in [9.17, 15) is 19.2 Å². The Bertz CT molecular complexity index is 1400. The van der Waals surface area contributed by atoms with Crippen molar-refractivity contribution in [2.24, 2.45) is 11.8 Å². The van der Waals surface area contributed by atoms with Crippen molar-refractivity contribution >= 4 is 34.8 Å². The Kier molecular flexibility index (Phi) is 13.1. The molecule has 9 heteroatoms. The van der Waals surface area contributed by atoms with Crippen LogP contribution >= 0.6 is 0 Å². The topological polar surface area (TPSA) is 126 Å². The Morgan fingerprint density at radius 3 is 2.42 bits per heavy atom. The Balaban J connectivity index is 1.48. The molecule has 3 aromatic carbocycles. The quantitative estimate of drug-likeness (QED) is 0.194. The summed E-state index contributed by atoms with van der Waals surface area (Å²) in [6.07, 6.45) is 3.69. The molecule has 4 rings (SSSR count). The van der Waals surface area contributed by atoms with Gasteiger partial charge in [0.15, 0.2) is 0 Å². The van der Waals surface area contributed by atoms with Gasteiger partial charge in [0.1, 0.15) is 18.4 Å². The number of nitrogens with one attached hydrogen (secondary N) is 4. The van der Waals surface area contributed by atoms with Gasteiger partial charge in [0, 0.05) is 6.42 Å². The third-order valence-corrected chi connectivity index (χ3v) is 8.17. The Labute approximate surface area is 265 Å². The molecule has 0 bridgehead atoms. The van der Waals surface area contributed by atoms with Gasteiger partial charge in [-0.25, -0.2) is 0 Å². The summed E-state index contributed by atoms with van der Waals surface area (Å²) in [4.78, 5) is 52.5. The zero-order valence-corrected chi connectivity index (χ0v) is 26.3. The summed E-state index contributed by atoms with van der Waals surface area (Å²) in [7, 11) is 0. The summed E-state index contributed by atoms with van der Waals surface area (Å²) >= 11 is 0. The number of amides is 3. The van der Waals surface area contributed by atoms with E-state index >= 15 is 0 Å². The SMILES string of the molecule is CC(C)C[C@H](NC(=O)[C@H](Cc1cccc2ccccc12)NC(=O)Cc1ccccc1)C(=O)N[C@H](C=O)CC[C@@H]1CCNCOC1. The van der Waals surface area contributed by atoms with E-state index in [1.165, 1.54) is 0 Å². The third kappa shape index (κ3) is 10.8. The van der Waals surface area contributed by atoms with Crippen molar-refractivity contribution in [3.63, 3.8) is 0 Å². The number of benzene rings is 3. The van der Waals surface area contributed by atoms with E-state index in [0.717, 1.165) is 47.6 Å². The highest BCUT2D eigenvalue weighted by Gasteiger charge is 2.29. The fourth-order valence-corrected chi connectivity index (χ4v) is 5.76. The summed E-state index contributed by atoms with van der Waals surface area (Å²) in [6.45, 7) is 5.94. The van der Waals surface area contributed by atoms with E-state index in [1.807, 2.05) is 86.6 Å². The predicted octanol–water partition coefficient (Wildman–Crippen LogP) is 3.69. The molecule has 0 unspecified atom stereocenters. The number of carbonyl (C=O) groups excluding carboxylic acids is 4. The van der Waals surface area contributed by atoms with Crippen LogP contribution in [0.2, 0.25) is 0 Å². The van der Waals surface area contributed by atoms with Crippen molar-refractivity contribution < 1.29 is 23.9 Å². The Morgan fingerprint density at radius 1 is 0.911 bits per heavy atom. The van der Waals surface area contributed by atoms with Crippen molar-refractivity contribution in [3.8, 4) is 0 Å². The van der Waals surface area contributed by atoms with Gasteiger partial charge in [0.25, 0.3) is 0 Å². The van der Waals surface area contributed by atoms with Crippen molar-refractivity contribution in [2.45, 2.75) is 70.5 Å². The molecule has 240 valence electrons. The van der Waals surface area contributed by atoms with Crippen LogP contribution in [0.15, 0.2) is 72.8 Å². The van der Waals surface area contributed by atoms with E-state index in [2.05, 4.69) is 21.3 Å². The average Bonchev–Trinajstić information content (AvgIpc) is 3.31. The first-order valence-electron chi connectivity index (χ1n) is 16.0. The van der Waals surface area contributed by atoms with Gasteiger partial charge < -0.3 is 25.5 Å². The second-order valence-electron chi connectivity index (χ2n) is 12.3. The lowest BCUT2D eigenvalue weighted by Gasteiger charge is -2.26. The van der Waals surface area contributed by atoms with Gasteiger partial charge in [-0.15, -0.1) is 0 Å².